The molecule has 0 bridgehead atoms. The van der Waals surface area contributed by atoms with E-state index in [4.69, 9.17) is 16.3 Å². The molecule has 0 saturated heterocycles. The molecule has 3 aromatic carbocycles. The predicted octanol–water partition coefficient (Wildman–Crippen LogP) is 4.79. The van der Waals surface area contributed by atoms with Crippen LogP contribution in [0.15, 0.2) is 77.7 Å². The van der Waals surface area contributed by atoms with E-state index in [0.717, 1.165) is 9.87 Å². The molecule has 0 fully saturated rings. The summed E-state index contributed by atoms with van der Waals surface area (Å²) in [7, 11) is -2.77. The zero-order valence-electron chi connectivity index (χ0n) is 22.7. The maximum absolute atomic E-state index is 14.0. The summed E-state index contributed by atoms with van der Waals surface area (Å²) in [5, 5.41) is 3.26. The molecule has 0 radical (unpaired) electrons. The summed E-state index contributed by atoms with van der Waals surface area (Å²) >= 11 is 6.39. The fourth-order valence-electron chi connectivity index (χ4n) is 3.98. The average Bonchev–Trinajstić information content (AvgIpc) is 2.90. The number of carbonyl (C=O) groups excluding carboxylic acids is 2. The SMILES string of the molecule is COc1ccccc1N(CC(=O)N(Cc1ccccc1Cl)C(C)C(=O)NC(C)C)S(=O)(=O)c1ccc(C)cc1. The quantitative estimate of drug-likeness (QED) is 0.357. The van der Waals surface area contributed by atoms with Gasteiger partial charge in [-0.3, -0.25) is 13.9 Å². The van der Waals surface area contributed by atoms with Crippen molar-refractivity contribution in [1.82, 2.24) is 10.2 Å². The first kappa shape index (κ1) is 30.0. The van der Waals surface area contributed by atoms with E-state index in [1.165, 1.54) is 24.1 Å². The first-order chi connectivity index (χ1) is 18.4. The van der Waals surface area contributed by atoms with Crippen molar-refractivity contribution in [1.29, 1.82) is 0 Å². The Morgan fingerprint density at radius 3 is 2.18 bits per heavy atom. The number of amides is 2. The summed E-state index contributed by atoms with van der Waals surface area (Å²) in [5.74, 6) is -0.664. The van der Waals surface area contributed by atoms with Gasteiger partial charge in [0, 0.05) is 17.6 Å². The second kappa shape index (κ2) is 13.0. The third kappa shape index (κ3) is 7.30. The Morgan fingerprint density at radius 1 is 0.949 bits per heavy atom. The molecule has 1 atom stereocenters. The van der Waals surface area contributed by atoms with Gasteiger partial charge in [0.15, 0.2) is 0 Å². The van der Waals surface area contributed by atoms with E-state index < -0.39 is 28.5 Å². The number of sulfonamides is 1. The lowest BCUT2D eigenvalue weighted by Gasteiger charge is -2.32. The van der Waals surface area contributed by atoms with Crippen molar-refractivity contribution in [3.05, 3.63) is 88.9 Å². The van der Waals surface area contributed by atoms with Gasteiger partial charge >= 0.3 is 0 Å². The molecular weight excluding hydrogens is 538 g/mol. The van der Waals surface area contributed by atoms with Crippen LogP contribution in [0.2, 0.25) is 5.02 Å². The Balaban J connectivity index is 2.08. The van der Waals surface area contributed by atoms with Crippen molar-refractivity contribution in [2.75, 3.05) is 18.0 Å². The molecule has 8 nitrogen and oxygen atoms in total. The van der Waals surface area contributed by atoms with Crippen LogP contribution in [-0.4, -0.2) is 50.9 Å². The Morgan fingerprint density at radius 2 is 1.56 bits per heavy atom. The van der Waals surface area contributed by atoms with Gasteiger partial charge in [-0.2, -0.15) is 0 Å². The number of aryl methyl sites for hydroxylation is 1. The molecular formula is C29H34ClN3O5S. The van der Waals surface area contributed by atoms with E-state index in [-0.39, 0.29) is 34.8 Å². The highest BCUT2D eigenvalue weighted by Gasteiger charge is 2.34. The average molecular weight is 572 g/mol. The minimum atomic E-state index is -4.20. The van der Waals surface area contributed by atoms with Crippen molar-refractivity contribution < 1.29 is 22.7 Å². The van der Waals surface area contributed by atoms with Crippen LogP contribution in [0.5, 0.6) is 5.75 Å². The number of rotatable bonds is 11. The molecule has 10 heteroatoms. The van der Waals surface area contributed by atoms with Crippen LogP contribution in [-0.2, 0) is 26.2 Å². The molecule has 0 aromatic heterocycles. The summed E-state index contributed by atoms with van der Waals surface area (Å²) in [4.78, 5) is 28.3. The van der Waals surface area contributed by atoms with Crippen LogP contribution >= 0.6 is 11.6 Å². The van der Waals surface area contributed by atoms with Crippen LogP contribution < -0.4 is 14.4 Å². The number of nitrogens with one attached hydrogen (secondary N) is 1. The molecule has 1 unspecified atom stereocenters. The summed E-state index contributed by atoms with van der Waals surface area (Å²) in [5.41, 5.74) is 1.72. The summed E-state index contributed by atoms with van der Waals surface area (Å²) < 4.78 is 34.3. The monoisotopic (exact) mass is 571 g/mol. The minimum Gasteiger partial charge on any atom is -0.495 e. The van der Waals surface area contributed by atoms with Crippen molar-refractivity contribution in [3.63, 3.8) is 0 Å². The summed E-state index contributed by atoms with van der Waals surface area (Å²) in [6.07, 6.45) is 0. The fourth-order valence-corrected chi connectivity index (χ4v) is 5.60. The molecule has 3 rings (SSSR count). The smallest absolute Gasteiger partial charge is 0.264 e. The van der Waals surface area contributed by atoms with Crippen LogP contribution in [0.3, 0.4) is 0 Å². The highest BCUT2D eigenvalue weighted by atomic mass is 35.5. The number of hydrogen-bond acceptors (Lipinski definition) is 5. The molecule has 3 aromatic rings. The number of ether oxygens (including phenoxy) is 1. The molecule has 2 amide bonds. The first-order valence-electron chi connectivity index (χ1n) is 12.5. The van der Waals surface area contributed by atoms with E-state index in [1.54, 1.807) is 67.6 Å². The molecule has 0 aliphatic carbocycles. The van der Waals surface area contributed by atoms with Gasteiger partial charge in [0.2, 0.25) is 11.8 Å². The Labute approximate surface area is 235 Å². The van der Waals surface area contributed by atoms with Crippen LogP contribution in [0.1, 0.15) is 31.9 Å². The van der Waals surface area contributed by atoms with E-state index in [2.05, 4.69) is 5.32 Å². The van der Waals surface area contributed by atoms with E-state index in [9.17, 15) is 18.0 Å². The highest BCUT2D eigenvalue weighted by Crippen LogP contribution is 2.32. The fraction of sp³-hybridized carbons (Fsp3) is 0.310. The minimum absolute atomic E-state index is 0.00946. The maximum atomic E-state index is 14.0. The van der Waals surface area contributed by atoms with Crippen LogP contribution in [0, 0.1) is 6.92 Å². The standard InChI is InChI=1S/C29H34ClN3O5S/c1-20(2)31-29(35)22(4)32(18-23-10-6-7-11-25(23)30)28(34)19-33(26-12-8-9-13-27(26)38-5)39(36,37)24-16-14-21(3)15-17-24/h6-17,20,22H,18-19H2,1-5H3,(H,31,35). The van der Waals surface area contributed by atoms with Crippen LogP contribution in [0.25, 0.3) is 0 Å². The zero-order chi connectivity index (χ0) is 28.7. The lowest BCUT2D eigenvalue weighted by molar-refractivity contribution is -0.139. The molecule has 0 heterocycles. The third-order valence-electron chi connectivity index (χ3n) is 6.14. The van der Waals surface area contributed by atoms with Gasteiger partial charge in [-0.05, 0) is 63.6 Å². The predicted molar refractivity (Wildman–Crippen MR) is 153 cm³/mol. The van der Waals surface area contributed by atoms with E-state index in [1.807, 2.05) is 20.8 Å². The number of carbonyl (C=O) groups is 2. The van der Waals surface area contributed by atoms with Crippen molar-refractivity contribution >= 4 is 39.1 Å². The molecule has 208 valence electrons. The molecule has 0 aliphatic rings. The number of anilines is 1. The van der Waals surface area contributed by atoms with Gasteiger partial charge in [0.05, 0.1) is 17.7 Å². The number of halogens is 1. The molecule has 0 saturated carbocycles. The Bertz CT molecular complexity index is 1410. The third-order valence-corrected chi connectivity index (χ3v) is 8.28. The number of nitrogens with zero attached hydrogens (tertiary/aromatic N) is 2. The number of benzene rings is 3. The molecule has 1 N–H and O–H groups in total. The second-order valence-electron chi connectivity index (χ2n) is 9.45. The zero-order valence-corrected chi connectivity index (χ0v) is 24.3. The van der Waals surface area contributed by atoms with Gasteiger partial charge in [-0.15, -0.1) is 0 Å². The van der Waals surface area contributed by atoms with E-state index >= 15 is 0 Å². The number of para-hydroxylation sites is 2. The maximum Gasteiger partial charge on any atom is 0.264 e. The lowest BCUT2D eigenvalue weighted by Crippen LogP contribution is -2.52. The Kier molecular flexibility index (Phi) is 9.99. The second-order valence-corrected chi connectivity index (χ2v) is 11.7. The summed E-state index contributed by atoms with van der Waals surface area (Å²) in [6.45, 7) is 6.54. The van der Waals surface area contributed by atoms with Gasteiger partial charge in [0.25, 0.3) is 10.0 Å². The molecule has 0 spiro atoms. The van der Waals surface area contributed by atoms with E-state index in [0.29, 0.717) is 10.6 Å². The Hall–Kier alpha value is -3.56. The number of hydrogen-bond donors (Lipinski definition) is 1. The lowest BCUT2D eigenvalue weighted by atomic mass is 10.1. The van der Waals surface area contributed by atoms with Crippen LogP contribution in [0.4, 0.5) is 5.69 Å². The highest BCUT2D eigenvalue weighted by molar-refractivity contribution is 7.92. The topological polar surface area (TPSA) is 96.0 Å². The first-order valence-corrected chi connectivity index (χ1v) is 14.3. The van der Waals surface area contributed by atoms with Gasteiger partial charge in [-0.1, -0.05) is 59.6 Å². The molecule has 39 heavy (non-hydrogen) atoms. The van der Waals surface area contributed by atoms with Gasteiger partial charge < -0.3 is 15.0 Å². The molecule has 0 aliphatic heterocycles. The normalized spacial score (nSPS) is 12.1. The van der Waals surface area contributed by atoms with Crippen molar-refractivity contribution in [2.45, 2.75) is 51.2 Å². The van der Waals surface area contributed by atoms with Crippen molar-refractivity contribution in [3.8, 4) is 5.75 Å². The number of methoxy groups -OCH3 is 1. The summed E-state index contributed by atoms with van der Waals surface area (Å²) in [6, 6.07) is 18.9. The largest absolute Gasteiger partial charge is 0.495 e. The van der Waals surface area contributed by atoms with Gasteiger partial charge in [0.1, 0.15) is 18.3 Å². The van der Waals surface area contributed by atoms with Crippen molar-refractivity contribution in [2.24, 2.45) is 0 Å². The van der Waals surface area contributed by atoms with Gasteiger partial charge in [-0.25, -0.2) is 8.42 Å².